The first-order chi connectivity index (χ1) is 16.4. The van der Waals surface area contributed by atoms with Gasteiger partial charge in [-0.15, -0.1) is 0 Å². The van der Waals surface area contributed by atoms with Gasteiger partial charge in [0, 0.05) is 12.1 Å². The quantitative estimate of drug-likeness (QED) is 0.369. The van der Waals surface area contributed by atoms with Gasteiger partial charge in [-0.2, -0.15) is 0 Å². The molecular formula is C25H23ClN2O5S. The van der Waals surface area contributed by atoms with Crippen LogP contribution in [0.1, 0.15) is 24.1 Å². The Hall–Kier alpha value is -3.20. The smallest absolute Gasteiger partial charge is 0.338 e. The molecule has 4 rings (SSSR count). The number of ether oxygens (including phenoxy) is 3. The molecule has 1 aliphatic heterocycles. The van der Waals surface area contributed by atoms with Crippen LogP contribution in [0, 0.1) is 0 Å². The molecule has 1 unspecified atom stereocenters. The van der Waals surface area contributed by atoms with Gasteiger partial charge in [0.25, 0.3) is 5.56 Å². The molecule has 1 aromatic heterocycles. The summed E-state index contributed by atoms with van der Waals surface area (Å²) in [5.41, 5.74) is 2.00. The Morgan fingerprint density at radius 2 is 1.88 bits per heavy atom. The fourth-order valence-corrected chi connectivity index (χ4v) is 4.94. The Morgan fingerprint density at radius 3 is 2.56 bits per heavy atom. The van der Waals surface area contributed by atoms with Crippen molar-refractivity contribution >= 4 is 35.0 Å². The van der Waals surface area contributed by atoms with E-state index in [9.17, 15) is 9.59 Å². The van der Waals surface area contributed by atoms with E-state index < -0.39 is 12.0 Å². The molecule has 1 atom stereocenters. The van der Waals surface area contributed by atoms with Gasteiger partial charge in [-0.1, -0.05) is 53.3 Å². The van der Waals surface area contributed by atoms with Crippen molar-refractivity contribution in [2.75, 3.05) is 27.4 Å². The lowest BCUT2D eigenvalue weighted by Gasteiger charge is -2.25. The van der Waals surface area contributed by atoms with Crippen molar-refractivity contribution in [2.45, 2.75) is 13.0 Å². The molecule has 9 heteroatoms. The molecule has 0 aliphatic carbocycles. The van der Waals surface area contributed by atoms with E-state index >= 15 is 0 Å². The van der Waals surface area contributed by atoms with Crippen molar-refractivity contribution in [3.8, 4) is 5.75 Å². The Balaban J connectivity index is 1.89. The zero-order valence-corrected chi connectivity index (χ0v) is 20.5. The van der Waals surface area contributed by atoms with Crippen LogP contribution >= 0.6 is 22.9 Å². The first-order valence-corrected chi connectivity index (χ1v) is 11.7. The third-order valence-corrected chi connectivity index (χ3v) is 6.71. The van der Waals surface area contributed by atoms with Gasteiger partial charge in [0.2, 0.25) is 0 Å². The third kappa shape index (κ3) is 4.70. The van der Waals surface area contributed by atoms with E-state index in [0.29, 0.717) is 31.4 Å². The van der Waals surface area contributed by atoms with E-state index in [1.807, 2.05) is 30.3 Å². The predicted octanol–water partition coefficient (Wildman–Crippen LogP) is 3.09. The number of hydrogen-bond acceptors (Lipinski definition) is 7. The van der Waals surface area contributed by atoms with Crippen LogP contribution in [0.15, 0.2) is 69.6 Å². The molecule has 34 heavy (non-hydrogen) atoms. The lowest BCUT2D eigenvalue weighted by molar-refractivity contribution is -0.140. The number of nitrogens with zero attached hydrogens (tertiary/aromatic N) is 2. The highest BCUT2D eigenvalue weighted by Gasteiger charge is 2.33. The molecule has 0 fully saturated rings. The molecular weight excluding hydrogens is 476 g/mol. The van der Waals surface area contributed by atoms with Gasteiger partial charge in [-0.25, -0.2) is 9.79 Å². The number of esters is 1. The van der Waals surface area contributed by atoms with E-state index in [1.54, 1.807) is 38.3 Å². The average Bonchev–Trinajstić information content (AvgIpc) is 3.14. The van der Waals surface area contributed by atoms with Crippen LogP contribution in [0.5, 0.6) is 5.75 Å². The van der Waals surface area contributed by atoms with Gasteiger partial charge in [0.15, 0.2) is 4.80 Å². The van der Waals surface area contributed by atoms with Crippen LogP contribution in [-0.2, 0) is 14.3 Å². The number of carbonyl (C=O) groups is 1. The summed E-state index contributed by atoms with van der Waals surface area (Å²) in [6.45, 7) is 2.11. The number of benzene rings is 2. The minimum Gasteiger partial charge on any atom is -0.497 e. The molecule has 0 saturated heterocycles. The van der Waals surface area contributed by atoms with Crippen LogP contribution in [0.3, 0.4) is 0 Å². The molecule has 3 aromatic rings. The fraction of sp³-hybridized carbons (Fsp3) is 0.240. The monoisotopic (exact) mass is 498 g/mol. The zero-order valence-electron chi connectivity index (χ0n) is 18.9. The van der Waals surface area contributed by atoms with Gasteiger partial charge in [-0.3, -0.25) is 9.36 Å². The Bertz CT molecular complexity index is 1420. The van der Waals surface area contributed by atoms with Crippen molar-refractivity contribution < 1.29 is 19.0 Å². The highest BCUT2D eigenvalue weighted by molar-refractivity contribution is 7.07. The summed E-state index contributed by atoms with van der Waals surface area (Å²) in [6.07, 6.45) is 1.74. The highest BCUT2D eigenvalue weighted by Crippen LogP contribution is 2.31. The Morgan fingerprint density at radius 1 is 1.15 bits per heavy atom. The molecule has 0 bridgehead atoms. The molecule has 0 saturated carbocycles. The lowest BCUT2D eigenvalue weighted by Crippen LogP contribution is -2.40. The minimum absolute atomic E-state index is 0.0956. The maximum absolute atomic E-state index is 13.6. The fourth-order valence-electron chi connectivity index (χ4n) is 3.71. The van der Waals surface area contributed by atoms with Gasteiger partial charge < -0.3 is 14.2 Å². The number of halogens is 1. The normalized spacial score (nSPS) is 15.6. The minimum atomic E-state index is -0.703. The molecule has 0 amide bonds. The molecule has 0 spiro atoms. The van der Waals surface area contributed by atoms with Crippen molar-refractivity contribution in [1.82, 2.24) is 4.57 Å². The second kappa shape index (κ2) is 10.4. The number of fused-ring (bicyclic) bond motifs is 1. The largest absolute Gasteiger partial charge is 0.497 e. The SMILES string of the molecule is COCCOC(=O)C1=C(C)N=c2s/c(=C/c3ccccc3Cl)c(=O)n2C1c1ccc(OC)cc1. The topological polar surface area (TPSA) is 79.1 Å². The standard InChI is InChI=1S/C25H23ClN2O5S/c1-15-21(24(30)33-13-12-31-2)22(16-8-10-18(32-3)11-9-16)28-23(29)20(34-25(28)27-15)14-17-6-4-5-7-19(17)26/h4-11,14,22H,12-13H2,1-3H3/b20-14+. The first kappa shape index (κ1) is 23.9. The molecule has 2 heterocycles. The molecule has 1 aliphatic rings. The van der Waals surface area contributed by atoms with Gasteiger partial charge in [0.1, 0.15) is 12.4 Å². The molecule has 0 N–H and O–H groups in total. The number of allylic oxidation sites excluding steroid dienone is 1. The van der Waals surface area contributed by atoms with Crippen molar-refractivity contribution in [2.24, 2.45) is 4.99 Å². The van der Waals surface area contributed by atoms with Crippen LogP contribution in [0.25, 0.3) is 6.08 Å². The van der Waals surface area contributed by atoms with E-state index in [4.69, 9.17) is 25.8 Å². The van der Waals surface area contributed by atoms with E-state index in [0.717, 1.165) is 11.1 Å². The number of methoxy groups -OCH3 is 2. The first-order valence-electron chi connectivity index (χ1n) is 10.5. The average molecular weight is 499 g/mol. The van der Waals surface area contributed by atoms with Crippen LogP contribution < -0.4 is 19.6 Å². The maximum atomic E-state index is 13.6. The van der Waals surface area contributed by atoms with E-state index in [1.165, 1.54) is 23.0 Å². The molecule has 2 aromatic carbocycles. The molecule has 0 radical (unpaired) electrons. The zero-order chi connectivity index (χ0) is 24.2. The number of rotatable bonds is 7. The van der Waals surface area contributed by atoms with E-state index in [2.05, 4.69) is 4.99 Å². The predicted molar refractivity (Wildman–Crippen MR) is 131 cm³/mol. The van der Waals surface area contributed by atoms with Crippen molar-refractivity contribution in [1.29, 1.82) is 0 Å². The molecule has 176 valence electrons. The third-order valence-electron chi connectivity index (χ3n) is 5.39. The Labute approximate surface area is 205 Å². The second-order valence-electron chi connectivity index (χ2n) is 7.51. The summed E-state index contributed by atoms with van der Waals surface area (Å²) >= 11 is 7.55. The van der Waals surface area contributed by atoms with Crippen molar-refractivity contribution in [3.63, 3.8) is 0 Å². The van der Waals surface area contributed by atoms with Crippen molar-refractivity contribution in [3.05, 3.63) is 95.6 Å². The van der Waals surface area contributed by atoms with Gasteiger partial charge in [-0.05, 0) is 42.3 Å². The van der Waals surface area contributed by atoms with Gasteiger partial charge >= 0.3 is 5.97 Å². The number of carbonyl (C=O) groups excluding carboxylic acids is 1. The van der Waals surface area contributed by atoms with Crippen LogP contribution in [0.4, 0.5) is 0 Å². The summed E-state index contributed by atoms with van der Waals surface area (Å²) in [7, 11) is 3.11. The van der Waals surface area contributed by atoms with Gasteiger partial charge in [0.05, 0.1) is 35.6 Å². The highest BCUT2D eigenvalue weighted by atomic mass is 35.5. The lowest BCUT2D eigenvalue weighted by atomic mass is 9.96. The second-order valence-corrected chi connectivity index (χ2v) is 8.92. The van der Waals surface area contributed by atoms with Crippen LogP contribution in [-0.4, -0.2) is 38.0 Å². The summed E-state index contributed by atoms with van der Waals surface area (Å²) in [6, 6.07) is 13.8. The summed E-state index contributed by atoms with van der Waals surface area (Å²) in [5, 5.41) is 0.540. The summed E-state index contributed by atoms with van der Waals surface area (Å²) < 4.78 is 17.7. The maximum Gasteiger partial charge on any atom is 0.338 e. The van der Waals surface area contributed by atoms with Crippen LogP contribution in [0.2, 0.25) is 5.02 Å². The number of hydrogen-bond donors (Lipinski definition) is 0. The molecule has 7 nitrogen and oxygen atoms in total. The summed E-state index contributed by atoms with van der Waals surface area (Å²) in [4.78, 5) is 31.8. The number of aromatic nitrogens is 1. The number of thiazole rings is 1. The summed E-state index contributed by atoms with van der Waals surface area (Å²) in [5.74, 6) is 0.124. The van der Waals surface area contributed by atoms with E-state index in [-0.39, 0.29) is 18.8 Å². The Kier molecular flexibility index (Phi) is 7.31.